The predicted molar refractivity (Wildman–Crippen MR) is 141 cm³/mol. The van der Waals surface area contributed by atoms with Crippen molar-refractivity contribution in [3.63, 3.8) is 0 Å². The number of carbonyl (C=O) groups excluding carboxylic acids is 2. The highest BCUT2D eigenvalue weighted by Gasteiger charge is 2.33. The summed E-state index contributed by atoms with van der Waals surface area (Å²) < 4.78 is 12.3. The van der Waals surface area contributed by atoms with Gasteiger partial charge < -0.3 is 24.6 Å². The van der Waals surface area contributed by atoms with Gasteiger partial charge in [-0.25, -0.2) is 9.55 Å². The minimum atomic E-state index is -0.563. The van der Waals surface area contributed by atoms with Gasteiger partial charge >= 0.3 is 0 Å². The van der Waals surface area contributed by atoms with Crippen molar-refractivity contribution in [3.8, 4) is 11.5 Å². The van der Waals surface area contributed by atoms with Crippen LogP contribution in [0, 0.1) is 4.77 Å². The molecule has 0 unspecified atom stereocenters. The highest BCUT2D eigenvalue weighted by Crippen LogP contribution is 2.37. The molecule has 1 N–H and O–H groups in total. The zero-order valence-corrected chi connectivity index (χ0v) is 21.6. The number of methoxy groups -OCH3 is 2. The molecule has 9 nitrogen and oxygen atoms in total. The fourth-order valence-electron chi connectivity index (χ4n) is 4.74. The lowest BCUT2D eigenvalue weighted by Gasteiger charge is -2.36. The van der Waals surface area contributed by atoms with Crippen molar-refractivity contribution in [3.05, 3.63) is 46.2 Å². The number of piperazine rings is 1. The van der Waals surface area contributed by atoms with Crippen LogP contribution in [0.4, 0.5) is 11.5 Å². The summed E-state index contributed by atoms with van der Waals surface area (Å²) in [5.74, 6) is 1.44. The number of fused-ring (bicyclic) bond motifs is 3. The number of halogens is 1. The van der Waals surface area contributed by atoms with E-state index in [-0.39, 0.29) is 23.0 Å². The zero-order chi connectivity index (χ0) is 25.4. The van der Waals surface area contributed by atoms with Crippen LogP contribution in [-0.4, -0.2) is 72.7 Å². The number of nitrogens with zero attached hydrogens (tertiary/aromatic N) is 4. The van der Waals surface area contributed by atoms with Gasteiger partial charge in [0.05, 0.1) is 19.7 Å². The monoisotopic (exact) mass is 527 g/mol. The van der Waals surface area contributed by atoms with E-state index in [1.54, 1.807) is 26.4 Å². The molecule has 3 aromatic rings. The Bertz CT molecular complexity index is 1390. The number of hydrogen-bond donors (Lipinski definition) is 1. The summed E-state index contributed by atoms with van der Waals surface area (Å²) >= 11 is 11.4. The smallest absolute Gasteiger partial charge is 0.257 e. The maximum Gasteiger partial charge on any atom is 0.257 e. The number of benzene rings is 2. The summed E-state index contributed by atoms with van der Waals surface area (Å²) in [4.78, 5) is 34.6. The summed E-state index contributed by atoms with van der Waals surface area (Å²) in [6.45, 7) is 2.76. The molecule has 1 atom stereocenters. The Labute approximate surface area is 218 Å². The van der Waals surface area contributed by atoms with E-state index in [0.29, 0.717) is 52.8 Å². The van der Waals surface area contributed by atoms with Gasteiger partial charge in [-0.05, 0) is 49.0 Å². The fourth-order valence-corrected chi connectivity index (χ4v) is 5.14. The van der Waals surface area contributed by atoms with Crippen LogP contribution < -0.4 is 19.7 Å². The predicted octanol–water partition coefficient (Wildman–Crippen LogP) is 4.00. The molecule has 188 valence electrons. The minimum Gasteiger partial charge on any atom is -0.493 e. The molecule has 1 fully saturated rings. The normalized spacial score (nSPS) is 17.2. The number of amides is 1. The van der Waals surface area contributed by atoms with Gasteiger partial charge in [-0.15, -0.1) is 0 Å². The van der Waals surface area contributed by atoms with Gasteiger partial charge in [0.15, 0.2) is 11.5 Å². The quantitative estimate of drug-likeness (QED) is 0.481. The van der Waals surface area contributed by atoms with Crippen LogP contribution in [0.5, 0.6) is 11.5 Å². The molecule has 1 amide bonds. The molecule has 0 spiro atoms. The van der Waals surface area contributed by atoms with Crippen molar-refractivity contribution in [2.45, 2.75) is 18.9 Å². The molecule has 11 heteroatoms. The van der Waals surface area contributed by atoms with Crippen LogP contribution in [0.3, 0.4) is 0 Å². The summed E-state index contributed by atoms with van der Waals surface area (Å²) in [7, 11) is 3.10. The number of carbonyl (C=O) groups is 2. The molecular formula is C25H26ClN5O4S. The molecule has 3 heterocycles. The third-order valence-electron chi connectivity index (χ3n) is 6.69. The second-order valence-electron chi connectivity index (χ2n) is 8.72. The van der Waals surface area contributed by atoms with E-state index in [1.165, 1.54) is 4.57 Å². The van der Waals surface area contributed by atoms with Crippen molar-refractivity contribution in [1.82, 2.24) is 14.5 Å². The van der Waals surface area contributed by atoms with Crippen LogP contribution >= 0.6 is 23.8 Å². The van der Waals surface area contributed by atoms with Gasteiger partial charge in [0.1, 0.15) is 11.9 Å². The van der Waals surface area contributed by atoms with E-state index in [1.807, 2.05) is 29.2 Å². The average molecular weight is 528 g/mol. The second kappa shape index (κ2) is 9.94. The first-order chi connectivity index (χ1) is 17.4. The maximum atomic E-state index is 13.1. The van der Waals surface area contributed by atoms with E-state index in [9.17, 15) is 9.59 Å². The SMILES string of the molecule is COc1cc2nc(=S)n3c(c2cc1OC)N[C@H](CCC(=O)N1CCN(c2ccc(Cl)cc2)CC1)C3=O. The molecule has 5 rings (SSSR count). The number of nitrogens with one attached hydrogen (secondary N) is 1. The van der Waals surface area contributed by atoms with E-state index in [2.05, 4.69) is 15.2 Å². The lowest BCUT2D eigenvalue weighted by Crippen LogP contribution is -2.49. The standard InChI is InChI=1S/C25H26ClN5O4S/c1-34-20-13-17-19(14-21(20)35-2)28-25(36)31-23(17)27-18(24(31)33)7-8-22(32)30-11-9-29(10-12-30)16-5-3-15(26)4-6-16/h3-6,13-14,18,27H,7-12H2,1-2H3/t18-/m1/s1. The van der Waals surface area contributed by atoms with Crippen LogP contribution in [0.25, 0.3) is 10.9 Å². The number of rotatable bonds is 6. The molecule has 2 aliphatic rings. The Hall–Kier alpha value is -3.37. The summed E-state index contributed by atoms with van der Waals surface area (Å²) in [6, 6.07) is 10.7. The molecule has 1 saturated heterocycles. The third-order valence-corrected chi connectivity index (χ3v) is 7.21. The van der Waals surface area contributed by atoms with Gasteiger partial charge in [-0.1, -0.05) is 11.6 Å². The number of aromatic nitrogens is 2. The summed E-state index contributed by atoms with van der Waals surface area (Å²) in [6.07, 6.45) is 0.620. The highest BCUT2D eigenvalue weighted by atomic mass is 35.5. The minimum absolute atomic E-state index is 0.0364. The molecular weight excluding hydrogens is 502 g/mol. The summed E-state index contributed by atoms with van der Waals surface area (Å²) in [5.41, 5.74) is 1.69. The van der Waals surface area contributed by atoms with Crippen molar-refractivity contribution in [2.24, 2.45) is 0 Å². The van der Waals surface area contributed by atoms with Crippen LogP contribution in [0.15, 0.2) is 36.4 Å². The maximum absolute atomic E-state index is 13.1. The second-order valence-corrected chi connectivity index (χ2v) is 9.52. The molecule has 0 radical (unpaired) electrons. The Morgan fingerprint density at radius 1 is 1.11 bits per heavy atom. The number of anilines is 2. The number of hydrogen-bond acceptors (Lipinski definition) is 8. The molecule has 0 saturated carbocycles. The lowest BCUT2D eigenvalue weighted by molar-refractivity contribution is -0.131. The van der Waals surface area contributed by atoms with Crippen molar-refractivity contribution < 1.29 is 19.1 Å². The van der Waals surface area contributed by atoms with E-state index < -0.39 is 6.04 Å². The first kappa shape index (κ1) is 24.3. The van der Waals surface area contributed by atoms with Crippen LogP contribution in [0.1, 0.15) is 17.6 Å². The topological polar surface area (TPSA) is 88.9 Å². The first-order valence-corrected chi connectivity index (χ1v) is 12.5. The van der Waals surface area contributed by atoms with Crippen molar-refractivity contribution in [2.75, 3.05) is 50.6 Å². The van der Waals surface area contributed by atoms with Gasteiger partial charge in [0.25, 0.3) is 5.91 Å². The zero-order valence-electron chi connectivity index (χ0n) is 20.0. The van der Waals surface area contributed by atoms with Crippen LogP contribution in [0.2, 0.25) is 5.02 Å². The third kappa shape index (κ3) is 4.46. The summed E-state index contributed by atoms with van der Waals surface area (Å²) in [5, 5.41) is 4.67. The molecule has 36 heavy (non-hydrogen) atoms. The van der Waals surface area contributed by atoms with Gasteiger partial charge in [0.2, 0.25) is 10.7 Å². The van der Waals surface area contributed by atoms with Gasteiger partial charge in [0, 0.05) is 54.8 Å². The van der Waals surface area contributed by atoms with Gasteiger partial charge in [-0.2, -0.15) is 0 Å². The van der Waals surface area contributed by atoms with E-state index in [0.717, 1.165) is 18.8 Å². The molecule has 2 aromatic carbocycles. The Morgan fingerprint density at radius 3 is 2.44 bits per heavy atom. The Balaban J connectivity index is 1.25. The fraction of sp³-hybridized carbons (Fsp3) is 0.360. The van der Waals surface area contributed by atoms with Gasteiger partial charge in [-0.3, -0.25) is 9.59 Å². The molecule has 0 bridgehead atoms. The van der Waals surface area contributed by atoms with Crippen LogP contribution in [-0.2, 0) is 4.79 Å². The Kier molecular flexibility index (Phi) is 6.72. The molecule has 2 aliphatic heterocycles. The molecule has 0 aliphatic carbocycles. The van der Waals surface area contributed by atoms with Crippen molar-refractivity contribution >= 4 is 58.0 Å². The van der Waals surface area contributed by atoms with E-state index in [4.69, 9.17) is 33.3 Å². The van der Waals surface area contributed by atoms with E-state index >= 15 is 0 Å². The van der Waals surface area contributed by atoms with Crippen molar-refractivity contribution in [1.29, 1.82) is 0 Å². The first-order valence-electron chi connectivity index (χ1n) is 11.7. The average Bonchev–Trinajstić information content (AvgIpc) is 3.24. The molecule has 1 aromatic heterocycles. The highest BCUT2D eigenvalue weighted by molar-refractivity contribution is 7.71. The largest absolute Gasteiger partial charge is 0.493 e. The number of ether oxygens (including phenoxy) is 2. The Morgan fingerprint density at radius 2 is 1.78 bits per heavy atom. The lowest BCUT2D eigenvalue weighted by atomic mass is 10.1.